The zero-order chi connectivity index (χ0) is 13.0. The summed E-state index contributed by atoms with van der Waals surface area (Å²) in [6.07, 6.45) is -1.12. The lowest BCUT2D eigenvalue weighted by Crippen LogP contribution is -2.25. The van der Waals surface area contributed by atoms with Crippen molar-refractivity contribution >= 4 is 5.97 Å². The zero-order valence-corrected chi connectivity index (χ0v) is 9.37. The van der Waals surface area contributed by atoms with Gasteiger partial charge in [-0.2, -0.15) is 0 Å². The first kappa shape index (κ1) is 13.4. The maximum Gasteiger partial charge on any atom is 0.346 e. The molecule has 17 heavy (non-hydrogen) atoms. The standard InChI is InChI=1S/C11H12F2O4/c1-6(11(15)16-2)17-10-8(12)3-7(5-14)4-9(10)13/h3-4,6,14H,5H2,1-2H3. The second-order valence-corrected chi connectivity index (χ2v) is 3.33. The molecule has 1 aromatic rings. The van der Waals surface area contributed by atoms with Crippen molar-refractivity contribution in [2.24, 2.45) is 0 Å². The van der Waals surface area contributed by atoms with Crippen LogP contribution in [-0.2, 0) is 16.1 Å². The summed E-state index contributed by atoms with van der Waals surface area (Å²) in [5.74, 6) is -3.37. The van der Waals surface area contributed by atoms with Crippen LogP contribution in [0, 0.1) is 11.6 Å². The molecule has 1 rings (SSSR count). The molecule has 4 nitrogen and oxygen atoms in total. The van der Waals surface area contributed by atoms with E-state index in [1.54, 1.807) is 0 Å². The van der Waals surface area contributed by atoms with Crippen molar-refractivity contribution in [3.05, 3.63) is 29.3 Å². The van der Waals surface area contributed by atoms with E-state index in [1.807, 2.05) is 0 Å². The van der Waals surface area contributed by atoms with Gasteiger partial charge < -0.3 is 14.6 Å². The Bertz CT molecular complexity index is 397. The quantitative estimate of drug-likeness (QED) is 0.816. The number of ether oxygens (including phenoxy) is 2. The molecule has 6 heteroatoms. The minimum absolute atomic E-state index is 0.0815. The van der Waals surface area contributed by atoms with E-state index in [2.05, 4.69) is 4.74 Å². The van der Waals surface area contributed by atoms with Crippen LogP contribution < -0.4 is 4.74 Å². The fourth-order valence-electron chi connectivity index (χ4n) is 1.21. The smallest absolute Gasteiger partial charge is 0.346 e. The largest absolute Gasteiger partial charge is 0.473 e. The average molecular weight is 246 g/mol. The lowest BCUT2D eigenvalue weighted by molar-refractivity contribution is -0.148. The van der Waals surface area contributed by atoms with Gasteiger partial charge in [-0.05, 0) is 24.6 Å². The normalized spacial score (nSPS) is 12.1. The molecule has 0 fully saturated rings. The SMILES string of the molecule is COC(=O)C(C)Oc1c(F)cc(CO)cc1F. The fraction of sp³-hybridized carbons (Fsp3) is 0.364. The lowest BCUT2D eigenvalue weighted by Gasteiger charge is -2.14. The zero-order valence-electron chi connectivity index (χ0n) is 9.37. The van der Waals surface area contributed by atoms with E-state index in [-0.39, 0.29) is 5.56 Å². The highest BCUT2D eigenvalue weighted by molar-refractivity contribution is 5.74. The van der Waals surface area contributed by atoms with Crippen molar-refractivity contribution < 1.29 is 28.2 Å². The number of aliphatic hydroxyl groups is 1. The molecule has 0 saturated heterocycles. The summed E-state index contributed by atoms with van der Waals surface area (Å²) in [4.78, 5) is 11.0. The van der Waals surface area contributed by atoms with Gasteiger partial charge >= 0.3 is 5.97 Å². The summed E-state index contributed by atoms with van der Waals surface area (Å²) >= 11 is 0. The van der Waals surface area contributed by atoms with Crippen LogP contribution in [0.2, 0.25) is 0 Å². The molecule has 0 aliphatic carbocycles. The van der Waals surface area contributed by atoms with Crippen LogP contribution in [0.25, 0.3) is 0 Å². The molecule has 1 aromatic carbocycles. The number of rotatable bonds is 4. The summed E-state index contributed by atoms with van der Waals surface area (Å²) in [7, 11) is 1.14. The molecule has 0 aromatic heterocycles. The van der Waals surface area contributed by atoms with Gasteiger partial charge in [-0.1, -0.05) is 0 Å². The van der Waals surface area contributed by atoms with Crippen LogP contribution in [0.3, 0.4) is 0 Å². The van der Waals surface area contributed by atoms with E-state index in [0.29, 0.717) is 0 Å². The number of hydrogen-bond donors (Lipinski definition) is 1. The van der Waals surface area contributed by atoms with Gasteiger partial charge in [-0.15, -0.1) is 0 Å². The van der Waals surface area contributed by atoms with Crippen LogP contribution in [0.4, 0.5) is 8.78 Å². The van der Waals surface area contributed by atoms with Crippen molar-refractivity contribution in [2.45, 2.75) is 19.6 Å². The molecule has 0 bridgehead atoms. The number of methoxy groups -OCH3 is 1. The lowest BCUT2D eigenvalue weighted by atomic mass is 10.2. The Kier molecular flexibility index (Phi) is 4.39. The number of carbonyl (C=O) groups excluding carboxylic acids is 1. The second kappa shape index (κ2) is 5.58. The Balaban J connectivity index is 2.95. The molecule has 1 atom stereocenters. The van der Waals surface area contributed by atoms with Crippen molar-refractivity contribution in [3.8, 4) is 5.75 Å². The van der Waals surface area contributed by atoms with Crippen LogP contribution in [0.5, 0.6) is 5.75 Å². The predicted octanol–water partition coefficient (Wildman–Crippen LogP) is 1.40. The Morgan fingerprint density at radius 2 is 1.94 bits per heavy atom. The van der Waals surface area contributed by atoms with Gasteiger partial charge in [-0.3, -0.25) is 0 Å². The topological polar surface area (TPSA) is 55.8 Å². The number of benzene rings is 1. The van der Waals surface area contributed by atoms with Crippen LogP contribution in [-0.4, -0.2) is 24.3 Å². The van der Waals surface area contributed by atoms with Gasteiger partial charge in [-0.25, -0.2) is 13.6 Å². The second-order valence-electron chi connectivity index (χ2n) is 3.33. The van der Waals surface area contributed by atoms with Gasteiger partial charge in [0.2, 0.25) is 0 Å². The number of carbonyl (C=O) groups is 1. The molecule has 0 aliphatic heterocycles. The van der Waals surface area contributed by atoms with E-state index < -0.39 is 36.1 Å². The number of hydrogen-bond acceptors (Lipinski definition) is 4. The van der Waals surface area contributed by atoms with Crippen LogP contribution in [0.1, 0.15) is 12.5 Å². The Hall–Kier alpha value is -1.69. The molecule has 1 N–H and O–H groups in total. The summed E-state index contributed by atoms with van der Waals surface area (Å²) in [5, 5.41) is 8.74. The minimum Gasteiger partial charge on any atom is -0.473 e. The molecule has 0 aliphatic rings. The molecule has 0 spiro atoms. The Morgan fingerprint density at radius 1 is 1.41 bits per heavy atom. The molecule has 0 heterocycles. The monoisotopic (exact) mass is 246 g/mol. The maximum absolute atomic E-state index is 13.4. The molecule has 0 saturated carbocycles. The molecular weight excluding hydrogens is 234 g/mol. The highest BCUT2D eigenvalue weighted by Crippen LogP contribution is 2.24. The van der Waals surface area contributed by atoms with E-state index in [1.165, 1.54) is 6.92 Å². The van der Waals surface area contributed by atoms with E-state index >= 15 is 0 Å². The first-order chi connectivity index (χ1) is 7.99. The number of halogens is 2. The third kappa shape index (κ3) is 3.13. The fourth-order valence-corrected chi connectivity index (χ4v) is 1.21. The van der Waals surface area contributed by atoms with Crippen molar-refractivity contribution in [1.82, 2.24) is 0 Å². The van der Waals surface area contributed by atoms with Crippen molar-refractivity contribution in [1.29, 1.82) is 0 Å². The first-order valence-corrected chi connectivity index (χ1v) is 4.82. The molecular formula is C11H12F2O4. The van der Waals surface area contributed by atoms with Crippen LogP contribution in [0.15, 0.2) is 12.1 Å². The van der Waals surface area contributed by atoms with E-state index in [0.717, 1.165) is 19.2 Å². The third-order valence-corrected chi connectivity index (χ3v) is 2.07. The van der Waals surface area contributed by atoms with Gasteiger partial charge in [0.1, 0.15) is 0 Å². The Morgan fingerprint density at radius 3 is 2.35 bits per heavy atom. The van der Waals surface area contributed by atoms with Crippen LogP contribution >= 0.6 is 0 Å². The van der Waals surface area contributed by atoms with Gasteiger partial charge in [0.15, 0.2) is 23.5 Å². The van der Waals surface area contributed by atoms with Gasteiger partial charge in [0.05, 0.1) is 13.7 Å². The van der Waals surface area contributed by atoms with E-state index in [4.69, 9.17) is 9.84 Å². The summed E-state index contributed by atoms with van der Waals surface area (Å²) in [6, 6.07) is 1.87. The van der Waals surface area contributed by atoms with Gasteiger partial charge in [0.25, 0.3) is 0 Å². The van der Waals surface area contributed by atoms with E-state index in [9.17, 15) is 13.6 Å². The molecule has 0 radical (unpaired) electrons. The molecule has 94 valence electrons. The van der Waals surface area contributed by atoms with Crippen molar-refractivity contribution in [3.63, 3.8) is 0 Å². The maximum atomic E-state index is 13.4. The number of esters is 1. The highest BCUT2D eigenvalue weighted by Gasteiger charge is 2.20. The van der Waals surface area contributed by atoms with Crippen molar-refractivity contribution in [2.75, 3.05) is 7.11 Å². The summed E-state index contributed by atoms with van der Waals surface area (Å²) in [6.45, 7) is 0.825. The summed E-state index contributed by atoms with van der Waals surface area (Å²) < 4.78 is 36.0. The molecule has 1 unspecified atom stereocenters. The summed E-state index contributed by atoms with van der Waals surface area (Å²) in [5.41, 5.74) is 0.0815. The molecule has 0 amide bonds. The average Bonchev–Trinajstić information content (AvgIpc) is 2.31. The highest BCUT2D eigenvalue weighted by atomic mass is 19.1. The first-order valence-electron chi connectivity index (χ1n) is 4.82. The Labute approximate surface area is 96.8 Å². The predicted molar refractivity (Wildman–Crippen MR) is 54.4 cm³/mol. The minimum atomic E-state index is -1.12. The van der Waals surface area contributed by atoms with Gasteiger partial charge in [0, 0.05) is 0 Å². The third-order valence-electron chi connectivity index (χ3n) is 2.07. The number of aliphatic hydroxyl groups excluding tert-OH is 1.